The fourth-order valence-electron chi connectivity index (χ4n) is 2.86. The monoisotopic (exact) mass is 513 g/mol. The molecule has 0 saturated heterocycles. The molecule has 0 saturated carbocycles. The molecule has 2 rings (SSSR count). The van der Waals surface area contributed by atoms with Crippen LogP contribution in [-0.4, -0.2) is 49.1 Å². The highest BCUT2D eigenvalue weighted by molar-refractivity contribution is 14.0. The van der Waals surface area contributed by atoms with Crippen LogP contribution in [0.2, 0.25) is 0 Å². The smallest absolute Gasteiger partial charge is 0.190 e. The number of aliphatic imine (C=N–C) groups is 1. The highest BCUT2D eigenvalue weighted by atomic mass is 127. The van der Waals surface area contributed by atoms with Crippen molar-refractivity contribution in [2.24, 2.45) is 10.9 Å². The number of hydrogen-bond acceptors (Lipinski definition) is 3. The molecule has 2 N–H and O–H groups in total. The van der Waals surface area contributed by atoms with Crippen molar-refractivity contribution < 1.29 is 4.74 Å². The van der Waals surface area contributed by atoms with Gasteiger partial charge in [-0.05, 0) is 49.8 Å². The van der Waals surface area contributed by atoms with Gasteiger partial charge in [0.15, 0.2) is 5.96 Å². The quantitative estimate of drug-likeness (QED) is 0.207. The number of ether oxygens (including phenoxy) is 1. The Bertz CT molecular complexity index is 715. The number of aryl methyl sites for hydroxylation is 2. The molecule has 0 radical (unpaired) electrons. The third-order valence-corrected chi connectivity index (χ3v) is 4.37. The molecule has 29 heavy (non-hydrogen) atoms. The van der Waals surface area contributed by atoms with Gasteiger partial charge in [0.1, 0.15) is 0 Å². The second-order valence-electron chi connectivity index (χ2n) is 7.37. The number of benzene rings is 1. The molecule has 1 heterocycles. The first-order valence-electron chi connectivity index (χ1n) is 10.2. The minimum Gasteiger partial charge on any atom is -0.381 e. The molecule has 0 fully saturated rings. The lowest BCUT2D eigenvalue weighted by atomic mass is 10.1. The molecule has 0 aliphatic heterocycles. The van der Waals surface area contributed by atoms with E-state index < -0.39 is 0 Å². The molecule has 0 bridgehead atoms. The first kappa shape index (κ1) is 25.4. The molecule has 162 valence electrons. The molecular formula is C22H36IN5O. The van der Waals surface area contributed by atoms with Gasteiger partial charge in [-0.15, -0.1) is 24.0 Å². The van der Waals surface area contributed by atoms with E-state index in [-0.39, 0.29) is 24.0 Å². The van der Waals surface area contributed by atoms with Gasteiger partial charge in [0, 0.05) is 39.5 Å². The third-order valence-electron chi connectivity index (χ3n) is 4.37. The van der Waals surface area contributed by atoms with E-state index in [0.717, 1.165) is 62.9 Å². The van der Waals surface area contributed by atoms with Crippen molar-refractivity contribution in [3.63, 3.8) is 0 Å². The van der Waals surface area contributed by atoms with E-state index in [4.69, 9.17) is 4.74 Å². The first-order chi connectivity index (χ1) is 13.6. The Morgan fingerprint density at radius 2 is 1.83 bits per heavy atom. The van der Waals surface area contributed by atoms with Crippen LogP contribution in [0.25, 0.3) is 5.69 Å². The Morgan fingerprint density at radius 3 is 2.48 bits per heavy atom. The number of nitrogens with zero attached hydrogens (tertiary/aromatic N) is 3. The van der Waals surface area contributed by atoms with Crippen molar-refractivity contribution in [1.82, 2.24) is 20.4 Å². The maximum Gasteiger partial charge on any atom is 0.190 e. The molecule has 0 atom stereocenters. The van der Waals surface area contributed by atoms with Crippen LogP contribution in [0.5, 0.6) is 0 Å². The Hall–Kier alpha value is -1.61. The van der Waals surface area contributed by atoms with Crippen molar-refractivity contribution in [2.75, 3.05) is 33.4 Å². The Labute approximate surface area is 192 Å². The number of hydrogen-bond donors (Lipinski definition) is 2. The van der Waals surface area contributed by atoms with Crippen molar-refractivity contribution in [1.29, 1.82) is 0 Å². The summed E-state index contributed by atoms with van der Waals surface area (Å²) in [5.74, 6) is 1.44. The second kappa shape index (κ2) is 14.4. The van der Waals surface area contributed by atoms with E-state index in [2.05, 4.69) is 59.8 Å². The van der Waals surface area contributed by atoms with Gasteiger partial charge >= 0.3 is 0 Å². The largest absolute Gasteiger partial charge is 0.381 e. The number of nitrogens with one attached hydrogen (secondary N) is 2. The molecule has 1 aromatic heterocycles. The lowest BCUT2D eigenvalue weighted by Crippen LogP contribution is -2.38. The lowest BCUT2D eigenvalue weighted by Gasteiger charge is -2.12. The fourth-order valence-corrected chi connectivity index (χ4v) is 2.86. The van der Waals surface area contributed by atoms with E-state index in [0.29, 0.717) is 5.92 Å². The van der Waals surface area contributed by atoms with E-state index >= 15 is 0 Å². The first-order valence-corrected chi connectivity index (χ1v) is 10.2. The second-order valence-corrected chi connectivity index (χ2v) is 7.37. The van der Waals surface area contributed by atoms with Gasteiger partial charge in [0.05, 0.1) is 11.4 Å². The molecule has 0 aliphatic rings. The van der Waals surface area contributed by atoms with Crippen LogP contribution in [-0.2, 0) is 11.2 Å². The normalized spacial score (nSPS) is 11.4. The number of para-hydroxylation sites is 1. The molecule has 6 nitrogen and oxygen atoms in total. The average molecular weight is 513 g/mol. The highest BCUT2D eigenvalue weighted by Gasteiger charge is 2.06. The van der Waals surface area contributed by atoms with Gasteiger partial charge in [-0.2, -0.15) is 5.10 Å². The maximum atomic E-state index is 5.59. The summed E-state index contributed by atoms with van der Waals surface area (Å²) in [6, 6.07) is 10.2. The molecule has 0 spiro atoms. The zero-order valence-electron chi connectivity index (χ0n) is 18.1. The maximum absolute atomic E-state index is 5.59. The van der Waals surface area contributed by atoms with Crippen LogP contribution in [0.4, 0.5) is 0 Å². The molecular weight excluding hydrogens is 477 g/mol. The van der Waals surface area contributed by atoms with Crippen LogP contribution in [0, 0.1) is 12.8 Å². The van der Waals surface area contributed by atoms with Crippen LogP contribution < -0.4 is 10.6 Å². The molecule has 0 amide bonds. The summed E-state index contributed by atoms with van der Waals surface area (Å²) < 4.78 is 7.55. The van der Waals surface area contributed by atoms with Gasteiger partial charge in [0.2, 0.25) is 0 Å². The zero-order chi connectivity index (χ0) is 20.2. The summed E-state index contributed by atoms with van der Waals surface area (Å²) in [5, 5.41) is 11.3. The number of rotatable bonds is 11. The van der Waals surface area contributed by atoms with Crippen LogP contribution in [0.15, 0.2) is 41.5 Å². The predicted octanol–water partition coefficient (Wildman–Crippen LogP) is 3.96. The van der Waals surface area contributed by atoms with Gasteiger partial charge in [0.25, 0.3) is 0 Å². The van der Waals surface area contributed by atoms with E-state index in [1.54, 1.807) is 7.05 Å². The minimum absolute atomic E-state index is 0. The fraction of sp³-hybridized carbons (Fsp3) is 0.545. The number of guanidine groups is 1. The third kappa shape index (κ3) is 9.62. The van der Waals surface area contributed by atoms with E-state index in [9.17, 15) is 0 Å². The number of halogens is 1. The number of aromatic nitrogens is 2. The van der Waals surface area contributed by atoms with Gasteiger partial charge in [-0.3, -0.25) is 4.99 Å². The van der Waals surface area contributed by atoms with Gasteiger partial charge in [-0.1, -0.05) is 32.0 Å². The highest BCUT2D eigenvalue weighted by Crippen LogP contribution is 2.13. The van der Waals surface area contributed by atoms with Crippen molar-refractivity contribution >= 4 is 29.9 Å². The summed E-state index contributed by atoms with van der Waals surface area (Å²) in [5.41, 5.74) is 3.47. The van der Waals surface area contributed by atoms with Crippen LogP contribution in [0.1, 0.15) is 37.9 Å². The predicted molar refractivity (Wildman–Crippen MR) is 132 cm³/mol. The molecule has 1 aromatic carbocycles. The lowest BCUT2D eigenvalue weighted by molar-refractivity contribution is 0.108. The molecule has 0 aliphatic carbocycles. The standard InChI is InChI=1S/C22H35N5O.HI/c1-18(2)17-28-15-9-14-25-22(23-4)24-13-8-10-20-16-27(26-19(20)3)21-11-6-5-7-12-21;/h5-7,11-12,16,18H,8-10,13-15,17H2,1-4H3,(H2,23,24,25);1H. The summed E-state index contributed by atoms with van der Waals surface area (Å²) in [6.45, 7) is 9.75. The van der Waals surface area contributed by atoms with Crippen LogP contribution >= 0.6 is 24.0 Å². The van der Waals surface area contributed by atoms with Crippen molar-refractivity contribution in [2.45, 2.75) is 40.0 Å². The molecule has 0 unspecified atom stereocenters. The topological polar surface area (TPSA) is 63.5 Å². The van der Waals surface area contributed by atoms with Gasteiger partial charge in [-0.25, -0.2) is 4.68 Å². The summed E-state index contributed by atoms with van der Waals surface area (Å²) in [7, 11) is 1.80. The van der Waals surface area contributed by atoms with E-state index in [1.807, 2.05) is 22.9 Å². The summed E-state index contributed by atoms with van der Waals surface area (Å²) >= 11 is 0. The Morgan fingerprint density at radius 1 is 1.14 bits per heavy atom. The van der Waals surface area contributed by atoms with Gasteiger partial charge < -0.3 is 15.4 Å². The van der Waals surface area contributed by atoms with Crippen LogP contribution in [0.3, 0.4) is 0 Å². The van der Waals surface area contributed by atoms with E-state index in [1.165, 1.54) is 5.56 Å². The summed E-state index contributed by atoms with van der Waals surface area (Å²) in [4.78, 5) is 4.28. The molecule has 7 heteroatoms. The van der Waals surface area contributed by atoms with Crippen molar-refractivity contribution in [3.8, 4) is 5.69 Å². The van der Waals surface area contributed by atoms with Crippen molar-refractivity contribution in [3.05, 3.63) is 47.8 Å². The average Bonchev–Trinajstić information content (AvgIpc) is 3.07. The summed E-state index contributed by atoms with van der Waals surface area (Å²) in [6.07, 6.45) is 5.13. The SMILES string of the molecule is CN=C(NCCCOCC(C)C)NCCCc1cn(-c2ccccc2)nc1C.I. The molecule has 2 aromatic rings. The Kier molecular flexibility index (Phi) is 12.6. The minimum atomic E-state index is 0. The zero-order valence-corrected chi connectivity index (χ0v) is 20.5. The Balaban J connectivity index is 0.00000420.